The van der Waals surface area contributed by atoms with Gasteiger partial charge in [-0.1, -0.05) is 6.92 Å². The van der Waals surface area contributed by atoms with Crippen LogP contribution in [0.2, 0.25) is 0 Å². The molecule has 1 aromatic heterocycles. The molecule has 5 heteroatoms. The van der Waals surface area contributed by atoms with E-state index < -0.39 is 0 Å². The Bertz CT molecular complexity index is 410. The molecule has 18 heavy (non-hydrogen) atoms. The van der Waals surface area contributed by atoms with Gasteiger partial charge in [-0.25, -0.2) is 9.97 Å². The average molecular weight is 247 g/mol. The van der Waals surface area contributed by atoms with Crippen LogP contribution in [0.4, 0.5) is 5.82 Å². The van der Waals surface area contributed by atoms with Gasteiger partial charge in [0.25, 0.3) is 0 Å². The van der Waals surface area contributed by atoms with Crippen LogP contribution in [0.25, 0.3) is 0 Å². The molecule has 1 rings (SSSR count). The van der Waals surface area contributed by atoms with Gasteiger partial charge in [-0.05, 0) is 20.4 Å². The molecule has 0 saturated carbocycles. The van der Waals surface area contributed by atoms with Gasteiger partial charge in [0.2, 0.25) is 0 Å². The minimum atomic E-state index is 0.531. The van der Waals surface area contributed by atoms with Gasteiger partial charge in [0.1, 0.15) is 11.6 Å². The molecule has 0 saturated heterocycles. The van der Waals surface area contributed by atoms with Crippen LogP contribution in [0.5, 0.6) is 0 Å². The first-order valence-corrected chi connectivity index (χ1v) is 6.29. The fourth-order valence-corrected chi connectivity index (χ4v) is 1.61. The number of aromatic nitrogens is 2. The van der Waals surface area contributed by atoms with Crippen LogP contribution in [-0.2, 0) is 6.54 Å². The van der Waals surface area contributed by atoms with Crippen molar-refractivity contribution in [2.24, 2.45) is 0 Å². The molecule has 98 valence electrons. The summed E-state index contributed by atoms with van der Waals surface area (Å²) in [5, 5.41) is 11.8. The quantitative estimate of drug-likeness (QED) is 0.797. The van der Waals surface area contributed by atoms with Crippen molar-refractivity contribution in [2.45, 2.75) is 33.2 Å². The maximum atomic E-state index is 8.55. The zero-order chi connectivity index (χ0) is 13.4. The Morgan fingerprint density at radius 2 is 2.22 bits per heavy atom. The Labute approximate surface area is 109 Å². The third-order valence-electron chi connectivity index (χ3n) is 2.47. The predicted molar refractivity (Wildman–Crippen MR) is 72.1 cm³/mol. The third-order valence-corrected chi connectivity index (χ3v) is 2.47. The summed E-state index contributed by atoms with van der Waals surface area (Å²) in [5.74, 6) is 1.68. The van der Waals surface area contributed by atoms with Gasteiger partial charge in [-0.3, -0.25) is 4.90 Å². The largest absolute Gasteiger partial charge is 0.370 e. The lowest BCUT2D eigenvalue weighted by molar-refractivity contribution is 0.326. The highest BCUT2D eigenvalue weighted by atomic mass is 15.1. The summed E-state index contributed by atoms with van der Waals surface area (Å²) in [7, 11) is 1.97. The molecular weight excluding hydrogens is 226 g/mol. The Kier molecular flexibility index (Phi) is 6.09. The first-order valence-electron chi connectivity index (χ1n) is 6.29. The van der Waals surface area contributed by atoms with Crippen LogP contribution >= 0.6 is 0 Å². The summed E-state index contributed by atoms with van der Waals surface area (Å²) in [6.07, 6.45) is 1.60. The van der Waals surface area contributed by atoms with E-state index in [2.05, 4.69) is 33.2 Å². The summed E-state index contributed by atoms with van der Waals surface area (Å²) in [4.78, 5) is 10.9. The van der Waals surface area contributed by atoms with Crippen molar-refractivity contribution in [1.82, 2.24) is 14.9 Å². The van der Waals surface area contributed by atoms with Crippen molar-refractivity contribution in [3.63, 3.8) is 0 Å². The topological polar surface area (TPSA) is 64.8 Å². The molecule has 0 amide bonds. The second-order valence-corrected chi connectivity index (χ2v) is 4.38. The number of hydrogen-bond acceptors (Lipinski definition) is 5. The molecule has 0 atom stereocenters. The van der Waals surface area contributed by atoms with Gasteiger partial charge < -0.3 is 5.32 Å². The highest BCUT2D eigenvalue weighted by Gasteiger charge is 2.05. The number of rotatable bonds is 7. The molecular formula is C13H21N5. The first kappa shape index (κ1) is 14.4. The van der Waals surface area contributed by atoms with E-state index in [9.17, 15) is 0 Å². The number of anilines is 1. The number of aryl methyl sites for hydroxylation is 1. The van der Waals surface area contributed by atoms with Gasteiger partial charge in [0.15, 0.2) is 0 Å². The lowest BCUT2D eigenvalue weighted by Gasteiger charge is -2.14. The monoisotopic (exact) mass is 247 g/mol. The zero-order valence-electron chi connectivity index (χ0n) is 11.4. The van der Waals surface area contributed by atoms with Crippen LogP contribution in [0, 0.1) is 18.3 Å². The zero-order valence-corrected chi connectivity index (χ0v) is 11.4. The van der Waals surface area contributed by atoms with Crippen molar-refractivity contribution >= 4 is 5.82 Å². The second-order valence-electron chi connectivity index (χ2n) is 4.38. The SMILES string of the molecule is CCCNc1cc(C)nc(CN(C)CCC#N)n1. The van der Waals surface area contributed by atoms with Gasteiger partial charge >= 0.3 is 0 Å². The molecule has 0 fully saturated rings. The van der Waals surface area contributed by atoms with Gasteiger partial charge in [0.05, 0.1) is 12.6 Å². The number of nitrogens with one attached hydrogen (secondary N) is 1. The normalized spacial score (nSPS) is 10.4. The number of nitriles is 1. The van der Waals surface area contributed by atoms with E-state index in [1.807, 2.05) is 20.0 Å². The minimum absolute atomic E-state index is 0.531. The van der Waals surface area contributed by atoms with E-state index in [1.54, 1.807) is 0 Å². The van der Waals surface area contributed by atoms with Crippen molar-refractivity contribution in [1.29, 1.82) is 5.26 Å². The fraction of sp³-hybridized carbons (Fsp3) is 0.615. The van der Waals surface area contributed by atoms with Crippen LogP contribution in [0.15, 0.2) is 6.07 Å². The van der Waals surface area contributed by atoms with Crippen LogP contribution in [0.3, 0.4) is 0 Å². The van der Waals surface area contributed by atoms with Crippen LogP contribution in [0.1, 0.15) is 31.3 Å². The van der Waals surface area contributed by atoms with E-state index in [-0.39, 0.29) is 0 Å². The van der Waals surface area contributed by atoms with E-state index in [0.717, 1.165) is 36.8 Å². The maximum absolute atomic E-state index is 8.55. The van der Waals surface area contributed by atoms with Gasteiger partial charge in [-0.15, -0.1) is 0 Å². The highest BCUT2D eigenvalue weighted by Crippen LogP contribution is 2.07. The molecule has 0 aliphatic heterocycles. The van der Waals surface area contributed by atoms with E-state index >= 15 is 0 Å². The van der Waals surface area contributed by atoms with Crippen LogP contribution in [-0.4, -0.2) is 35.0 Å². The summed E-state index contributed by atoms with van der Waals surface area (Å²) >= 11 is 0. The number of nitrogens with zero attached hydrogens (tertiary/aromatic N) is 4. The lowest BCUT2D eigenvalue weighted by Crippen LogP contribution is -2.21. The average Bonchev–Trinajstić information content (AvgIpc) is 2.33. The molecule has 1 aromatic rings. The van der Waals surface area contributed by atoms with Crippen molar-refractivity contribution in [2.75, 3.05) is 25.5 Å². The van der Waals surface area contributed by atoms with Gasteiger partial charge in [0, 0.05) is 31.3 Å². The molecule has 0 aliphatic rings. The summed E-state index contributed by atoms with van der Waals surface area (Å²) < 4.78 is 0. The molecule has 0 radical (unpaired) electrons. The molecule has 1 heterocycles. The molecule has 0 aromatic carbocycles. The fourth-order valence-electron chi connectivity index (χ4n) is 1.61. The third kappa shape index (κ3) is 5.11. The van der Waals surface area contributed by atoms with E-state index in [1.165, 1.54) is 0 Å². The number of hydrogen-bond donors (Lipinski definition) is 1. The van der Waals surface area contributed by atoms with Crippen LogP contribution < -0.4 is 5.32 Å². The standard InChI is InChI=1S/C13H21N5/c1-4-7-15-12-9-11(2)16-13(17-12)10-18(3)8-5-6-14/h9H,4-5,7-8,10H2,1-3H3,(H,15,16,17). The summed E-state index contributed by atoms with van der Waals surface area (Å²) in [6.45, 7) is 6.42. The Balaban J connectivity index is 2.64. The van der Waals surface area contributed by atoms with Crippen molar-refractivity contribution in [3.8, 4) is 6.07 Å². The van der Waals surface area contributed by atoms with E-state index in [4.69, 9.17) is 5.26 Å². The lowest BCUT2D eigenvalue weighted by atomic mass is 10.3. The molecule has 0 aliphatic carbocycles. The maximum Gasteiger partial charge on any atom is 0.144 e. The first-order chi connectivity index (χ1) is 8.65. The Morgan fingerprint density at radius 3 is 2.89 bits per heavy atom. The highest BCUT2D eigenvalue weighted by molar-refractivity contribution is 5.35. The van der Waals surface area contributed by atoms with Crippen molar-refractivity contribution < 1.29 is 0 Å². The molecule has 0 unspecified atom stereocenters. The molecule has 5 nitrogen and oxygen atoms in total. The predicted octanol–water partition coefficient (Wildman–Crippen LogP) is 1.95. The molecule has 0 spiro atoms. The molecule has 0 bridgehead atoms. The summed E-state index contributed by atoms with van der Waals surface area (Å²) in [5.41, 5.74) is 0.965. The Morgan fingerprint density at radius 1 is 1.44 bits per heavy atom. The Hall–Kier alpha value is -1.67. The van der Waals surface area contributed by atoms with Crippen molar-refractivity contribution in [3.05, 3.63) is 17.6 Å². The van der Waals surface area contributed by atoms with Gasteiger partial charge in [-0.2, -0.15) is 5.26 Å². The molecule has 1 N–H and O–H groups in total. The van der Waals surface area contributed by atoms with E-state index in [0.29, 0.717) is 13.0 Å². The summed E-state index contributed by atoms with van der Waals surface area (Å²) in [6, 6.07) is 4.09. The smallest absolute Gasteiger partial charge is 0.144 e. The second kappa shape index (κ2) is 7.62. The minimum Gasteiger partial charge on any atom is -0.370 e.